The number of hydrogen-bond donors (Lipinski definition) is 3. The Morgan fingerprint density at radius 1 is 1.27 bits per heavy atom. The van der Waals surface area contributed by atoms with E-state index in [-0.39, 0.29) is 5.91 Å². The molecule has 1 atom stereocenters. The van der Waals surface area contributed by atoms with Crippen molar-refractivity contribution in [3.8, 4) is 23.1 Å². The van der Waals surface area contributed by atoms with Crippen molar-refractivity contribution < 1.29 is 9.90 Å². The fourth-order valence-electron chi connectivity index (χ4n) is 3.47. The summed E-state index contributed by atoms with van der Waals surface area (Å²) in [6.07, 6.45) is 6.60. The molecule has 2 heterocycles. The molecule has 172 valence electrons. The molecule has 1 aliphatic carbocycles. The Hall–Kier alpha value is -3.37. The first-order chi connectivity index (χ1) is 15.9. The van der Waals surface area contributed by atoms with E-state index in [1.807, 2.05) is 41.8 Å². The van der Waals surface area contributed by atoms with Crippen LogP contribution in [0.3, 0.4) is 0 Å². The van der Waals surface area contributed by atoms with Gasteiger partial charge >= 0.3 is 0 Å². The summed E-state index contributed by atoms with van der Waals surface area (Å²) in [5.74, 6) is 6.97. The number of anilines is 1. The molecule has 1 aliphatic rings. The fraction of sp³-hybridized carbons (Fsp3) is 0.423. The van der Waals surface area contributed by atoms with Crippen molar-refractivity contribution in [2.45, 2.75) is 58.6 Å². The molecule has 0 bridgehead atoms. The second kappa shape index (κ2) is 10.1. The summed E-state index contributed by atoms with van der Waals surface area (Å²) in [4.78, 5) is 21.6. The van der Waals surface area contributed by atoms with Gasteiger partial charge in [0.2, 0.25) is 0 Å². The van der Waals surface area contributed by atoms with Crippen LogP contribution in [0.1, 0.15) is 62.5 Å². The van der Waals surface area contributed by atoms with Crippen molar-refractivity contribution in [1.82, 2.24) is 19.7 Å². The van der Waals surface area contributed by atoms with Gasteiger partial charge in [0.1, 0.15) is 11.8 Å². The molecule has 1 saturated carbocycles. The van der Waals surface area contributed by atoms with Gasteiger partial charge in [0.25, 0.3) is 5.91 Å². The summed E-state index contributed by atoms with van der Waals surface area (Å²) in [7, 11) is 0. The van der Waals surface area contributed by atoms with E-state index in [2.05, 4.69) is 46.3 Å². The van der Waals surface area contributed by atoms with Gasteiger partial charge < -0.3 is 15.7 Å². The monoisotopic (exact) mass is 445 g/mol. The fourth-order valence-corrected chi connectivity index (χ4v) is 3.47. The summed E-state index contributed by atoms with van der Waals surface area (Å²) in [5, 5.41) is 16.4. The first-order valence-electron chi connectivity index (χ1n) is 11.7. The van der Waals surface area contributed by atoms with Gasteiger partial charge in [0, 0.05) is 29.9 Å². The van der Waals surface area contributed by atoms with E-state index in [4.69, 9.17) is 0 Å². The lowest BCUT2D eigenvalue weighted by molar-refractivity contribution is 0.0951. The van der Waals surface area contributed by atoms with Crippen molar-refractivity contribution in [3.63, 3.8) is 0 Å². The van der Waals surface area contributed by atoms with Crippen LogP contribution < -0.4 is 10.6 Å². The zero-order valence-corrected chi connectivity index (χ0v) is 19.4. The molecule has 4 rings (SSSR count). The second-order valence-electron chi connectivity index (χ2n) is 8.99. The van der Waals surface area contributed by atoms with E-state index in [1.165, 1.54) is 0 Å². The number of imidazole rings is 1. The molecule has 0 saturated heterocycles. The van der Waals surface area contributed by atoms with Crippen molar-refractivity contribution in [2.75, 3.05) is 11.9 Å². The highest BCUT2D eigenvalue weighted by Crippen LogP contribution is 2.25. The van der Waals surface area contributed by atoms with Crippen LogP contribution in [0.4, 0.5) is 5.82 Å². The molecule has 33 heavy (non-hydrogen) atoms. The molecule has 1 amide bonds. The maximum Gasteiger partial charge on any atom is 0.251 e. The predicted molar refractivity (Wildman–Crippen MR) is 130 cm³/mol. The standard InChI is InChI=1S/C26H31N5O2/c1-4-5-22(32)13-12-21-16-31-23(15-28-25(31)24(29-21)27-14-17(2)3)18-6-8-19(9-7-18)26(33)30-20-10-11-20/h6-9,15-17,20,22,32H,4-5,10-11,14H2,1-3H3,(H,27,29)(H,30,33). The lowest BCUT2D eigenvalue weighted by atomic mass is 10.1. The first-order valence-corrected chi connectivity index (χ1v) is 11.7. The van der Waals surface area contributed by atoms with Gasteiger partial charge in [-0.3, -0.25) is 9.20 Å². The minimum Gasteiger partial charge on any atom is -0.380 e. The van der Waals surface area contributed by atoms with Gasteiger partial charge in [-0.05, 0) is 43.2 Å². The van der Waals surface area contributed by atoms with Gasteiger partial charge in [0.05, 0.1) is 11.9 Å². The SMILES string of the molecule is CCCC(O)C#Cc1cn2c(-c3ccc(C(=O)NC4CC4)cc3)cnc2c(NCC(C)C)n1. The number of carbonyl (C=O) groups is 1. The molecule has 1 aromatic carbocycles. The lowest BCUT2D eigenvalue weighted by Crippen LogP contribution is -2.25. The third-order valence-corrected chi connectivity index (χ3v) is 5.45. The van der Waals surface area contributed by atoms with Gasteiger partial charge in [0.15, 0.2) is 11.5 Å². The Kier molecular flexibility index (Phi) is 6.95. The third-order valence-electron chi connectivity index (χ3n) is 5.45. The number of aliphatic hydroxyl groups is 1. The van der Waals surface area contributed by atoms with Crippen LogP contribution in [0.15, 0.2) is 36.7 Å². The molecule has 1 unspecified atom stereocenters. The van der Waals surface area contributed by atoms with E-state index < -0.39 is 6.10 Å². The highest BCUT2D eigenvalue weighted by atomic mass is 16.3. The largest absolute Gasteiger partial charge is 0.380 e. The number of nitrogens with zero attached hydrogens (tertiary/aromatic N) is 3. The van der Waals surface area contributed by atoms with Gasteiger partial charge in [-0.2, -0.15) is 0 Å². The number of hydrogen-bond acceptors (Lipinski definition) is 5. The molecule has 0 radical (unpaired) electrons. The van der Waals surface area contributed by atoms with Crippen molar-refractivity contribution >= 4 is 17.4 Å². The topological polar surface area (TPSA) is 91.5 Å². The van der Waals surface area contributed by atoms with Crippen LogP contribution in [-0.4, -0.2) is 44.1 Å². The molecular weight excluding hydrogens is 414 g/mol. The number of aromatic nitrogens is 3. The second-order valence-corrected chi connectivity index (χ2v) is 8.99. The quantitative estimate of drug-likeness (QED) is 0.458. The number of fused-ring (bicyclic) bond motifs is 1. The predicted octanol–water partition coefficient (Wildman–Crippen LogP) is 3.87. The molecule has 1 fully saturated rings. The van der Waals surface area contributed by atoms with E-state index >= 15 is 0 Å². The average molecular weight is 446 g/mol. The number of carbonyl (C=O) groups excluding carboxylic acids is 1. The maximum absolute atomic E-state index is 12.3. The number of rotatable bonds is 8. The average Bonchev–Trinajstić information content (AvgIpc) is 3.51. The van der Waals surface area contributed by atoms with E-state index in [0.717, 1.165) is 37.1 Å². The van der Waals surface area contributed by atoms with Crippen LogP contribution in [0.2, 0.25) is 0 Å². The van der Waals surface area contributed by atoms with Crippen LogP contribution in [0.5, 0.6) is 0 Å². The Morgan fingerprint density at radius 3 is 2.70 bits per heavy atom. The molecule has 7 nitrogen and oxygen atoms in total. The summed E-state index contributed by atoms with van der Waals surface area (Å²) >= 11 is 0. The summed E-state index contributed by atoms with van der Waals surface area (Å²) in [5.41, 5.74) is 3.74. The van der Waals surface area contributed by atoms with Gasteiger partial charge in [-0.15, -0.1) is 0 Å². The Labute approximate surface area is 194 Å². The maximum atomic E-state index is 12.3. The Bertz CT molecular complexity index is 1180. The number of nitrogens with one attached hydrogen (secondary N) is 2. The minimum absolute atomic E-state index is 0.0326. The zero-order valence-electron chi connectivity index (χ0n) is 19.4. The summed E-state index contributed by atoms with van der Waals surface area (Å²) in [6, 6.07) is 7.88. The normalized spacial score (nSPS) is 14.1. The van der Waals surface area contributed by atoms with Crippen molar-refractivity contribution in [2.24, 2.45) is 5.92 Å². The molecule has 0 aliphatic heterocycles. The van der Waals surface area contributed by atoms with Gasteiger partial charge in [-0.25, -0.2) is 9.97 Å². The lowest BCUT2D eigenvalue weighted by Gasteiger charge is -2.11. The van der Waals surface area contributed by atoms with Crippen LogP contribution in [-0.2, 0) is 0 Å². The summed E-state index contributed by atoms with van der Waals surface area (Å²) < 4.78 is 1.96. The molecule has 3 N–H and O–H groups in total. The van der Waals surface area contributed by atoms with Crippen LogP contribution in [0, 0.1) is 17.8 Å². The highest BCUT2D eigenvalue weighted by molar-refractivity contribution is 5.95. The first kappa shape index (κ1) is 22.8. The summed E-state index contributed by atoms with van der Waals surface area (Å²) in [6.45, 7) is 7.03. The van der Waals surface area contributed by atoms with E-state index in [9.17, 15) is 9.90 Å². The smallest absolute Gasteiger partial charge is 0.251 e. The molecule has 7 heteroatoms. The Balaban J connectivity index is 1.68. The van der Waals surface area contributed by atoms with Gasteiger partial charge in [-0.1, -0.05) is 45.2 Å². The van der Waals surface area contributed by atoms with Crippen molar-refractivity contribution in [1.29, 1.82) is 0 Å². The number of aliphatic hydroxyl groups excluding tert-OH is 1. The Morgan fingerprint density at radius 2 is 2.03 bits per heavy atom. The van der Waals surface area contributed by atoms with Crippen molar-refractivity contribution in [3.05, 3.63) is 47.9 Å². The minimum atomic E-state index is -0.670. The number of benzene rings is 1. The van der Waals surface area contributed by atoms with Crippen LogP contribution >= 0.6 is 0 Å². The molecule has 0 spiro atoms. The van der Waals surface area contributed by atoms with Crippen LogP contribution in [0.25, 0.3) is 16.9 Å². The van der Waals surface area contributed by atoms with E-state index in [1.54, 1.807) is 6.20 Å². The molecular formula is C26H31N5O2. The number of amides is 1. The molecule has 3 aromatic rings. The molecule has 2 aromatic heterocycles. The van der Waals surface area contributed by atoms with E-state index in [0.29, 0.717) is 41.1 Å². The zero-order chi connectivity index (χ0) is 23.4. The third kappa shape index (κ3) is 5.71. The highest BCUT2D eigenvalue weighted by Gasteiger charge is 2.23.